The quantitative estimate of drug-likeness (QED) is 0.583. The van der Waals surface area contributed by atoms with E-state index in [1.54, 1.807) is 36.3 Å². The molecule has 0 aromatic heterocycles. The van der Waals surface area contributed by atoms with Gasteiger partial charge in [-0.05, 0) is 66.8 Å². The number of fused-ring (bicyclic) bond motifs is 1. The Morgan fingerprint density at radius 3 is 2.50 bits per heavy atom. The highest BCUT2D eigenvalue weighted by Gasteiger charge is 2.24. The molecule has 0 aliphatic carbocycles. The highest BCUT2D eigenvalue weighted by Crippen LogP contribution is 2.31. The minimum absolute atomic E-state index is 0.0386. The highest BCUT2D eigenvalue weighted by molar-refractivity contribution is 7.92. The summed E-state index contributed by atoms with van der Waals surface area (Å²) in [5, 5.41) is 0. The van der Waals surface area contributed by atoms with Gasteiger partial charge in [-0.3, -0.25) is 9.52 Å². The monoisotopic (exact) mass is 450 g/mol. The van der Waals surface area contributed by atoms with E-state index in [-0.39, 0.29) is 11.7 Å². The van der Waals surface area contributed by atoms with Gasteiger partial charge in [0.2, 0.25) is 10.0 Å². The summed E-state index contributed by atoms with van der Waals surface area (Å²) in [5.74, 6) is 0.618. The van der Waals surface area contributed by atoms with Crippen molar-refractivity contribution in [3.8, 4) is 5.75 Å². The van der Waals surface area contributed by atoms with Crippen molar-refractivity contribution in [1.82, 2.24) is 0 Å². The topological polar surface area (TPSA) is 75.7 Å². The summed E-state index contributed by atoms with van der Waals surface area (Å²) in [4.78, 5) is 14.8. The van der Waals surface area contributed by atoms with E-state index >= 15 is 0 Å². The molecule has 0 atom stereocenters. The first-order chi connectivity index (χ1) is 15.4. The Morgan fingerprint density at radius 2 is 1.78 bits per heavy atom. The van der Waals surface area contributed by atoms with Gasteiger partial charge < -0.3 is 9.64 Å². The van der Waals surface area contributed by atoms with Crippen LogP contribution in [0.15, 0.2) is 72.8 Å². The maximum absolute atomic E-state index is 13.0. The molecule has 0 spiro atoms. The summed E-state index contributed by atoms with van der Waals surface area (Å²) in [6.45, 7) is 0.606. The molecule has 1 aliphatic heterocycles. The number of nitrogens with zero attached hydrogens (tertiary/aromatic N) is 1. The number of hydrogen-bond acceptors (Lipinski definition) is 4. The number of rotatable bonds is 7. The summed E-state index contributed by atoms with van der Waals surface area (Å²) in [5.41, 5.74) is 3.81. The van der Waals surface area contributed by atoms with Crippen LogP contribution in [-0.2, 0) is 22.9 Å². The zero-order valence-corrected chi connectivity index (χ0v) is 18.8. The molecule has 3 aromatic carbocycles. The molecule has 0 saturated heterocycles. The van der Waals surface area contributed by atoms with Crippen molar-refractivity contribution in [1.29, 1.82) is 0 Å². The van der Waals surface area contributed by atoms with Crippen LogP contribution in [0.2, 0.25) is 0 Å². The third kappa shape index (κ3) is 5.11. The van der Waals surface area contributed by atoms with E-state index < -0.39 is 10.0 Å². The predicted molar refractivity (Wildman–Crippen MR) is 127 cm³/mol. The van der Waals surface area contributed by atoms with Crippen molar-refractivity contribution in [2.45, 2.75) is 19.3 Å². The second kappa shape index (κ2) is 9.44. The summed E-state index contributed by atoms with van der Waals surface area (Å²) in [7, 11) is -1.96. The van der Waals surface area contributed by atoms with Gasteiger partial charge in [0.05, 0.1) is 18.6 Å². The van der Waals surface area contributed by atoms with Crippen LogP contribution in [0.1, 0.15) is 27.9 Å². The van der Waals surface area contributed by atoms with Gasteiger partial charge in [-0.2, -0.15) is 0 Å². The van der Waals surface area contributed by atoms with Gasteiger partial charge in [0.25, 0.3) is 5.91 Å². The van der Waals surface area contributed by atoms with Gasteiger partial charge >= 0.3 is 0 Å². The van der Waals surface area contributed by atoms with E-state index in [2.05, 4.69) is 4.72 Å². The standard InChI is InChI=1S/C25H26N2O4S/c1-31-23-13-9-19(10-14-23)15-17-32(29,30)26-22-12-11-20-8-5-16-27(24(20)18-22)25(28)21-6-3-2-4-7-21/h2-4,6-7,9-14,18,26H,5,8,15-17H2,1H3. The van der Waals surface area contributed by atoms with Gasteiger partial charge in [0, 0.05) is 17.8 Å². The first-order valence-corrected chi connectivity index (χ1v) is 12.2. The molecular formula is C25H26N2O4S. The molecule has 166 valence electrons. The third-order valence-electron chi connectivity index (χ3n) is 5.56. The van der Waals surface area contributed by atoms with Gasteiger partial charge in [-0.1, -0.05) is 36.4 Å². The van der Waals surface area contributed by atoms with E-state index in [1.165, 1.54) is 0 Å². The SMILES string of the molecule is COc1ccc(CCS(=O)(=O)Nc2ccc3c(c2)N(C(=O)c2ccccc2)CCC3)cc1. The van der Waals surface area contributed by atoms with Crippen molar-refractivity contribution < 1.29 is 17.9 Å². The molecule has 7 heteroatoms. The average Bonchev–Trinajstić information content (AvgIpc) is 2.82. The fourth-order valence-electron chi connectivity index (χ4n) is 3.86. The summed E-state index contributed by atoms with van der Waals surface area (Å²) >= 11 is 0. The Labute approximate surface area is 188 Å². The number of benzene rings is 3. The van der Waals surface area contributed by atoms with Crippen LogP contribution >= 0.6 is 0 Å². The van der Waals surface area contributed by atoms with E-state index in [4.69, 9.17) is 4.74 Å². The fraction of sp³-hybridized carbons (Fsp3) is 0.240. The number of carbonyl (C=O) groups is 1. The van der Waals surface area contributed by atoms with Gasteiger partial charge in [-0.25, -0.2) is 8.42 Å². The van der Waals surface area contributed by atoms with Crippen molar-refractivity contribution >= 4 is 27.3 Å². The fourth-order valence-corrected chi connectivity index (χ4v) is 4.95. The van der Waals surface area contributed by atoms with E-state index in [0.29, 0.717) is 24.2 Å². The normalized spacial score (nSPS) is 13.3. The smallest absolute Gasteiger partial charge is 0.258 e. The van der Waals surface area contributed by atoms with Crippen LogP contribution in [0.5, 0.6) is 5.75 Å². The third-order valence-corrected chi connectivity index (χ3v) is 6.85. The van der Waals surface area contributed by atoms with Crippen LogP contribution in [0.4, 0.5) is 11.4 Å². The zero-order valence-electron chi connectivity index (χ0n) is 18.0. The van der Waals surface area contributed by atoms with Crippen LogP contribution in [-0.4, -0.2) is 33.7 Å². The van der Waals surface area contributed by atoms with Crippen LogP contribution in [0, 0.1) is 0 Å². The number of methoxy groups -OCH3 is 1. The molecule has 0 bridgehead atoms. The number of aryl methyl sites for hydroxylation is 2. The lowest BCUT2D eigenvalue weighted by Gasteiger charge is -2.30. The van der Waals surface area contributed by atoms with E-state index in [9.17, 15) is 13.2 Å². The predicted octanol–water partition coefficient (Wildman–Crippen LogP) is 4.27. The summed E-state index contributed by atoms with van der Waals surface area (Å²) in [6, 6.07) is 21.9. The minimum atomic E-state index is -3.55. The molecule has 1 heterocycles. The Balaban J connectivity index is 1.49. The van der Waals surface area contributed by atoms with Gasteiger partial charge in [0.1, 0.15) is 5.75 Å². The number of nitrogens with one attached hydrogen (secondary N) is 1. The maximum Gasteiger partial charge on any atom is 0.258 e. The Morgan fingerprint density at radius 1 is 1.03 bits per heavy atom. The van der Waals surface area contributed by atoms with Crippen molar-refractivity contribution in [2.24, 2.45) is 0 Å². The molecule has 6 nitrogen and oxygen atoms in total. The average molecular weight is 451 g/mol. The number of carbonyl (C=O) groups excluding carboxylic acids is 1. The molecular weight excluding hydrogens is 424 g/mol. The summed E-state index contributed by atoms with van der Waals surface area (Å²) < 4.78 is 33.2. The lowest BCUT2D eigenvalue weighted by molar-refractivity contribution is 0.0985. The lowest BCUT2D eigenvalue weighted by Crippen LogP contribution is -2.35. The maximum atomic E-state index is 13.0. The van der Waals surface area contributed by atoms with Crippen molar-refractivity contribution in [2.75, 3.05) is 29.0 Å². The molecule has 0 saturated carbocycles. The molecule has 3 aromatic rings. The lowest BCUT2D eigenvalue weighted by atomic mass is 10.00. The molecule has 0 fully saturated rings. The molecule has 1 aliphatic rings. The minimum Gasteiger partial charge on any atom is -0.497 e. The summed E-state index contributed by atoms with van der Waals surface area (Å²) in [6.07, 6.45) is 2.12. The number of amides is 1. The number of ether oxygens (including phenoxy) is 1. The molecule has 32 heavy (non-hydrogen) atoms. The number of sulfonamides is 1. The van der Waals surface area contributed by atoms with Gasteiger partial charge in [0.15, 0.2) is 0 Å². The van der Waals surface area contributed by atoms with E-state index in [0.717, 1.165) is 35.4 Å². The molecule has 1 N–H and O–H groups in total. The van der Waals surface area contributed by atoms with Crippen LogP contribution < -0.4 is 14.4 Å². The Kier molecular flexibility index (Phi) is 6.46. The van der Waals surface area contributed by atoms with Gasteiger partial charge in [-0.15, -0.1) is 0 Å². The highest BCUT2D eigenvalue weighted by atomic mass is 32.2. The van der Waals surface area contributed by atoms with Crippen LogP contribution in [0.25, 0.3) is 0 Å². The molecule has 4 rings (SSSR count). The van der Waals surface area contributed by atoms with Crippen LogP contribution in [0.3, 0.4) is 0 Å². The molecule has 0 unspecified atom stereocenters. The first-order valence-electron chi connectivity index (χ1n) is 10.6. The van der Waals surface area contributed by atoms with E-state index in [1.807, 2.05) is 48.5 Å². The largest absolute Gasteiger partial charge is 0.497 e. The molecule has 1 amide bonds. The second-order valence-corrected chi connectivity index (χ2v) is 9.63. The zero-order chi connectivity index (χ0) is 22.6. The number of hydrogen-bond donors (Lipinski definition) is 1. The Hall–Kier alpha value is -3.32. The second-order valence-electron chi connectivity index (χ2n) is 7.79. The van der Waals surface area contributed by atoms with Crippen molar-refractivity contribution in [3.05, 3.63) is 89.5 Å². The Bertz CT molecular complexity index is 1190. The number of anilines is 2. The molecule has 0 radical (unpaired) electrons. The van der Waals surface area contributed by atoms with Crippen molar-refractivity contribution in [3.63, 3.8) is 0 Å². The first kappa shape index (κ1) is 21.9.